The Bertz CT molecular complexity index is 230. The van der Waals surface area contributed by atoms with Crippen molar-refractivity contribution in [1.82, 2.24) is 5.32 Å². The lowest BCUT2D eigenvalue weighted by molar-refractivity contribution is 0.315. The Balaban J connectivity index is 2.63. The summed E-state index contributed by atoms with van der Waals surface area (Å²) in [4.78, 5) is 0. The quantitative estimate of drug-likeness (QED) is 0.753. The molecule has 0 aromatic carbocycles. The number of furan rings is 1. The fraction of sp³-hybridized carbons (Fsp3) is 0.667. The Morgan fingerprint density at radius 3 is 2.71 bits per heavy atom. The first-order chi connectivity index (χ1) is 6.79. The van der Waals surface area contributed by atoms with Gasteiger partial charge in [-0.15, -0.1) is 0 Å². The zero-order valence-corrected chi connectivity index (χ0v) is 9.42. The first-order valence-corrected chi connectivity index (χ1v) is 5.56. The Morgan fingerprint density at radius 1 is 1.43 bits per heavy atom. The van der Waals surface area contributed by atoms with E-state index >= 15 is 0 Å². The molecule has 0 amide bonds. The van der Waals surface area contributed by atoms with E-state index in [0.717, 1.165) is 12.3 Å². The van der Waals surface area contributed by atoms with Gasteiger partial charge in [-0.1, -0.05) is 27.2 Å². The first kappa shape index (κ1) is 11.3. The summed E-state index contributed by atoms with van der Waals surface area (Å²) in [6.07, 6.45) is 4.21. The molecule has 1 aromatic rings. The van der Waals surface area contributed by atoms with Crippen molar-refractivity contribution < 1.29 is 4.42 Å². The number of hydrogen-bond donors (Lipinski definition) is 1. The van der Waals surface area contributed by atoms with Gasteiger partial charge in [0.1, 0.15) is 5.76 Å². The van der Waals surface area contributed by atoms with Crippen LogP contribution in [0.5, 0.6) is 0 Å². The molecule has 1 heterocycles. The van der Waals surface area contributed by atoms with Crippen molar-refractivity contribution in [1.29, 1.82) is 0 Å². The third kappa shape index (κ3) is 2.88. The maximum Gasteiger partial charge on any atom is 0.120 e. The van der Waals surface area contributed by atoms with Gasteiger partial charge in [-0.25, -0.2) is 0 Å². The second kappa shape index (κ2) is 5.86. The van der Waals surface area contributed by atoms with Gasteiger partial charge in [-0.3, -0.25) is 0 Å². The molecule has 0 saturated carbocycles. The summed E-state index contributed by atoms with van der Waals surface area (Å²) in [6, 6.07) is 4.38. The minimum Gasteiger partial charge on any atom is -0.468 e. The van der Waals surface area contributed by atoms with E-state index < -0.39 is 0 Å². The third-order valence-electron chi connectivity index (χ3n) is 2.59. The van der Waals surface area contributed by atoms with Crippen molar-refractivity contribution in [3.63, 3.8) is 0 Å². The van der Waals surface area contributed by atoms with Crippen LogP contribution in [0.15, 0.2) is 22.8 Å². The fourth-order valence-electron chi connectivity index (χ4n) is 1.89. The summed E-state index contributed by atoms with van der Waals surface area (Å²) in [6.45, 7) is 7.62. The van der Waals surface area contributed by atoms with E-state index in [-0.39, 0.29) is 0 Å². The number of rotatable bonds is 6. The highest BCUT2D eigenvalue weighted by Crippen LogP contribution is 2.25. The van der Waals surface area contributed by atoms with Crippen LogP contribution in [-0.2, 0) is 0 Å². The van der Waals surface area contributed by atoms with Crippen LogP contribution in [0.1, 0.15) is 45.4 Å². The Labute approximate surface area is 86.7 Å². The molecule has 14 heavy (non-hydrogen) atoms. The average Bonchev–Trinajstić information content (AvgIpc) is 2.67. The fourth-order valence-corrected chi connectivity index (χ4v) is 1.89. The summed E-state index contributed by atoms with van der Waals surface area (Å²) in [7, 11) is 0. The highest BCUT2D eigenvalue weighted by Gasteiger charge is 2.19. The van der Waals surface area contributed by atoms with Crippen molar-refractivity contribution in [3.05, 3.63) is 24.2 Å². The van der Waals surface area contributed by atoms with Crippen LogP contribution in [0, 0.1) is 5.92 Å². The SMILES string of the molecule is CCCC(C)C(NCC)c1ccco1. The lowest BCUT2D eigenvalue weighted by Crippen LogP contribution is -2.26. The average molecular weight is 195 g/mol. The molecule has 2 heteroatoms. The van der Waals surface area contributed by atoms with Crippen LogP contribution < -0.4 is 5.32 Å². The molecule has 0 radical (unpaired) electrons. The molecule has 1 N–H and O–H groups in total. The standard InChI is InChI=1S/C12H21NO/c1-4-7-10(3)12(13-5-2)11-8-6-9-14-11/h6,8-10,12-13H,4-5,7H2,1-3H3. The summed E-state index contributed by atoms with van der Waals surface area (Å²) in [5, 5.41) is 3.48. The van der Waals surface area contributed by atoms with Gasteiger partial charge in [0.2, 0.25) is 0 Å². The largest absolute Gasteiger partial charge is 0.468 e. The zero-order chi connectivity index (χ0) is 10.4. The van der Waals surface area contributed by atoms with Crippen LogP contribution in [0.4, 0.5) is 0 Å². The second-order valence-electron chi connectivity index (χ2n) is 3.82. The maximum absolute atomic E-state index is 5.45. The molecule has 2 unspecified atom stereocenters. The Morgan fingerprint density at radius 2 is 2.21 bits per heavy atom. The molecule has 0 bridgehead atoms. The van der Waals surface area contributed by atoms with E-state index in [2.05, 4.69) is 32.2 Å². The summed E-state index contributed by atoms with van der Waals surface area (Å²) in [5.74, 6) is 1.69. The smallest absolute Gasteiger partial charge is 0.120 e. The molecule has 2 nitrogen and oxygen atoms in total. The van der Waals surface area contributed by atoms with E-state index in [1.165, 1.54) is 12.8 Å². The van der Waals surface area contributed by atoms with Crippen LogP contribution >= 0.6 is 0 Å². The highest BCUT2D eigenvalue weighted by molar-refractivity contribution is 5.05. The summed E-state index contributed by atoms with van der Waals surface area (Å²) < 4.78 is 5.45. The molecule has 0 aliphatic heterocycles. The molecular weight excluding hydrogens is 174 g/mol. The number of nitrogens with one attached hydrogen (secondary N) is 1. The molecule has 0 aliphatic rings. The molecule has 1 rings (SSSR count). The molecule has 1 aromatic heterocycles. The summed E-state index contributed by atoms with van der Waals surface area (Å²) >= 11 is 0. The zero-order valence-electron chi connectivity index (χ0n) is 9.42. The first-order valence-electron chi connectivity index (χ1n) is 5.56. The molecule has 0 spiro atoms. The van der Waals surface area contributed by atoms with E-state index in [0.29, 0.717) is 12.0 Å². The van der Waals surface area contributed by atoms with Crippen LogP contribution in [0.2, 0.25) is 0 Å². The van der Waals surface area contributed by atoms with Crippen molar-refractivity contribution in [2.24, 2.45) is 5.92 Å². The van der Waals surface area contributed by atoms with Gasteiger partial charge in [0.05, 0.1) is 12.3 Å². The van der Waals surface area contributed by atoms with E-state index in [1.54, 1.807) is 6.26 Å². The van der Waals surface area contributed by atoms with Crippen molar-refractivity contribution in [3.8, 4) is 0 Å². The van der Waals surface area contributed by atoms with E-state index in [9.17, 15) is 0 Å². The molecule has 0 aliphatic carbocycles. The van der Waals surface area contributed by atoms with Crippen LogP contribution in [-0.4, -0.2) is 6.54 Å². The van der Waals surface area contributed by atoms with Gasteiger partial charge in [0.15, 0.2) is 0 Å². The van der Waals surface area contributed by atoms with Crippen LogP contribution in [0.3, 0.4) is 0 Å². The lowest BCUT2D eigenvalue weighted by atomic mass is 9.95. The molecule has 0 saturated heterocycles. The minimum atomic E-state index is 0.370. The van der Waals surface area contributed by atoms with Crippen molar-refractivity contribution in [2.45, 2.75) is 39.7 Å². The van der Waals surface area contributed by atoms with Crippen molar-refractivity contribution in [2.75, 3.05) is 6.54 Å². The monoisotopic (exact) mass is 195 g/mol. The Hall–Kier alpha value is -0.760. The molecular formula is C12H21NO. The predicted octanol–water partition coefficient (Wildman–Crippen LogP) is 3.37. The van der Waals surface area contributed by atoms with E-state index in [4.69, 9.17) is 4.42 Å². The topological polar surface area (TPSA) is 25.2 Å². The van der Waals surface area contributed by atoms with Gasteiger partial charge in [0.25, 0.3) is 0 Å². The lowest BCUT2D eigenvalue weighted by Gasteiger charge is -2.22. The summed E-state index contributed by atoms with van der Waals surface area (Å²) in [5.41, 5.74) is 0. The van der Waals surface area contributed by atoms with E-state index in [1.807, 2.05) is 6.07 Å². The minimum absolute atomic E-state index is 0.370. The second-order valence-corrected chi connectivity index (χ2v) is 3.82. The van der Waals surface area contributed by atoms with Crippen molar-refractivity contribution >= 4 is 0 Å². The normalized spacial score (nSPS) is 15.4. The molecule has 0 fully saturated rings. The van der Waals surface area contributed by atoms with Gasteiger partial charge >= 0.3 is 0 Å². The van der Waals surface area contributed by atoms with Gasteiger partial charge in [-0.05, 0) is 31.0 Å². The van der Waals surface area contributed by atoms with Gasteiger partial charge < -0.3 is 9.73 Å². The number of hydrogen-bond acceptors (Lipinski definition) is 2. The maximum atomic E-state index is 5.45. The Kier molecular flexibility index (Phi) is 4.74. The molecule has 2 atom stereocenters. The van der Waals surface area contributed by atoms with Gasteiger partial charge in [0, 0.05) is 0 Å². The van der Waals surface area contributed by atoms with Crippen LogP contribution in [0.25, 0.3) is 0 Å². The molecule has 80 valence electrons. The predicted molar refractivity (Wildman–Crippen MR) is 59.2 cm³/mol. The highest BCUT2D eigenvalue weighted by atomic mass is 16.3. The van der Waals surface area contributed by atoms with Gasteiger partial charge in [-0.2, -0.15) is 0 Å². The third-order valence-corrected chi connectivity index (χ3v) is 2.59.